The largest absolute Gasteiger partial charge is 0.692 e. The van der Waals surface area contributed by atoms with Gasteiger partial charge in [0.2, 0.25) is 0 Å². The van der Waals surface area contributed by atoms with Gasteiger partial charge in [-0.25, -0.2) is 0 Å². The summed E-state index contributed by atoms with van der Waals surface area (Å²) < 4.78 is 8.70. The van der Waals surface area contributed by atoms with Crippen molar-refractivity contribution in [1.29, 1.82) is 0 Å². The molecule has 3 N–H and O–H groups in total. The van der Waals surface area contributed by atoms with E-state index in [9.17, 15) is 4.79 Å². The van der Waals surface area contributed by atoms with Crippen molar-refractivity contribution in [2.45, 2.75) is 19.3 Å². The predicted octanol–water partition coefficient (Wildman–Crippen LogP) is 0.185. The summed E-state index contributed by atoms with van der Waals surface area (Å²) >= 11 is 0. The maximum absolute atomic E-state index is 10.2. The van der Waals surface area contributed by atoms with E-state index < -0.39 is 14.2 Å². The van der Waals surface area contributed by atoms with E-state index in [2.05, 4.69) is 0 Å². The van der Waals surface area contributed by atoms with Gasteiger partial charge in [-0.3, -0.25) is 9.69 Å². The van der Waals surface area contributed by atoms with E-state index in [1.165, 1.54) is 6.42 Å². The normalized spacial score (nSPS) is 16.7. The molecule has 0 aromatic carbocycles. The van der Waals surface area contributed by atoms with E-state index >= 15 is 0 Å². The van der Waals surface area contributed by atoms with Crippen molar-refractivity contribution in [3.63, 3.8) is 0 Å². The smallest absolute Gasteiger partial charge is 0.480 e. The average Bonchev–Trinajstić information content (AvgIpc) is 2.03. The average molecular weight is 224 g/mol. The Hall–Kier alpha value is -0.550. The molecule has 0 amide bonds. The van der Waals surface area contributed by atoms with Crippen molar-refractivity contribution in [2.24, 2.45) is 0 Å². The summed E-state index contributed by atoms with van der Waals surface area (Å²) in [6.07, 6.45) is 3.58. The number of carboxylic acid groups (broad SMARTS) is 1. The maximum Gasteiger partial charge on any atom is 0.692 e. The van der Waals surface area contributed by atoms with Gasteiger partial charge in [0.1, 0.15) is 0 Å². The van der Waals surface area contributed by atoms with E-state index in [-0.39, 0.29) is 6.54 Å². The minimum atomic E-state index is -2.87. The highest BCUT2D eigenvalue weighted by molar-refractivity contribution is 7.30. The second kappa shape index (κ2) is 7.82. The van der Waals surface area contributed by atoms with Crippen LogP contribution in [0.25, 0.3) is 0 Å². The Kier molecular flexibility index (Phi) is 7.51. The lowest BCUT2D eigenvalue weighted by molar-refractivity contribution is -0.138. The number of likely N-dealkylation sites (tertiary alicyclic amines) is 1. The fraction of sp³-hybridized carbons (Fsp3) is 0.857. The van der Waals surface area contributed by atoms with Crippen LogP contribution in [-0.4, -0.2) is 45.4 Å². The van der Waals surface area contributed by atoms with E-state index in [1.807, 2.05) is 4.90 Å². The van der Waals surface area contributed by atoms with Crippen molar-refractivity contribution in [3.8, 4) is 0 Å². The van der Waals surface area contributed by atoms with Gasteiger partial charge in [-0.05, 0) is 25.9 Å². The molecule has 0 aromatic rings. The molecule has 14 heavy (non-hydrogen) atoms. The Morgan fingerprint density at radius 3 is 2.00 bits per heavy atom. The molecule has 1 aliphatic rings. The number of piperidine rings is 1. The van der Waals surface area contributed by atoms with Crippen LogP contribution in [0, 0.1) is 0 Å². The third-order valence-electron chi connectivity index (χ3n) is 1.81. The Balaban J connectivity index is 0.000000364. The lowest BCUT2D eigenvalue weighted by Gasteiger charge is -2.24. The molecule has 1 rings (SSSR count). The minimum Gasteiger partial charge on any atom is -0.480 e. The number of aliphatic carboxylic acids is 1. The second-order valence-corrected chi connectivity index (χ2v) is 3.49. The van der Waals surface area contributed by atoms with Gasteiger partial charge in [-0.15, -0.1) is 9.79 Å². The molecular formula is C7H15NO5P+. The molecule has 0 atom stereocenters. The Morgan fingerprint density at radius 1 is 1.21 bits per heavy atom. The monoisotopic (exact) mass is 224 g/mol. The zero-order valence-electron chi connectivity index (χ0n) is 7.80. The van der Waals surface area contributed by atoms with Gasteiger partial charge in [0.05, 0.1) is 6.54 Å². The standard InChI is InChI=1S/C7H13NO2.HO3P/c9-7(10)6-8-4-2-1-3-5-8;1-4(2)3/h1-6H2,(H,9,10);(H-,1,2,3)/p+1. The van der Waals surface area contributed by atoms with Gasteiger partial charge in [-0.1, -0.05) is 6.42 Å². The van der Waals surface area contributed by atoms with Gasteiger partial charge in [-0.2, -0.15) is 0 Å². The summed E-state index contributed by atoms with van der Waals surface area (Å²) in [6.45, 7) is 2.15. The van der Waals surface area contributed by atoms with Gasteiger partial charge in [0.25, 0.3) is 0 Å². The summed E-state index contributed by atoms with van der Waals surface area (Å²) in [5.41, 5.74) is 0. The van der Waals surface area contributed by atoms with Crippen LogP contribution in [0.15, 0.2) is 0 Å². The number of carbonyl (C=O) groups is 1. The summed E-state index contributed by atoms with van der Waals surface area (Å²) in [6, 6.07) is 0. The lowest BCUT2D eigenvalue weighted by atomic mass is 10.1. The first kappa shape index (κ1) is 13.4. The lowest BCUT2D eigenvalue weighted by Crippen LogP contribution is -2.34. The van der Waals surface area contributed by atoms with Gasteiger partial charge >= 0.3 is 14.2 Å². The Labute approximate surface area is 83.1 Å². The molecule has 0 radical (unpaired) electrons. The summed E-state index contributed by atoms with van der Waals surface area (Å²) in [7, 11) is -2.87. The second-order valence-electron chi connectivity index (χ2n) is 2.98. The first-order valence-corrected chi connectivity index (χ1v) is 5.48. The fourth-order valence-electron chi connectivity index (χ4n) is 1.31. The predicted molar refractivity (Wildman–Crippen MR) is 50.0 cm³/mol. The van der Waals surface area contributed by atoms with Crippen molar-refractivity contribution in [1.82, 2.24) is 4.90 Å². The third-order valence-corrected chi connectivity index (χ3v) is 1.81. The molecule has 1 saturated heterocycles. The van der Waals surface area contributed by atoms with Crippen LogP contribution in [0.1, 0.15) is 19.3 Å². The molecule has 0 unspecified atom stereocenters. The highest BCUT2D eigenvalue weighted by atomic mass is 31.1. The van der Waals surface area contributed by atoms with Crippen LogP contribution < -0.4 is 0 Å². The fourth-order valence-corrected chi connectivity index (χ4v) is 1.31. The van der Waals surface area contributed by atoms with E-state index in [1.54, 1.807) is 0 Å². The molecule has 0 saturated carbocycles. The van der Waals surface area contributed by atoms with Crippen molar-refractivity contribution < 1.29 is 24.3 Å². The van der Waals surface area contributed by atoms with E-state index in [0.717, 1.165) is 25.9 Å². The molecule has 1 heterocycles. The van der Waals surface area contributed by atoms with Crippen LogP contribution in [0.3, 0.4) is 0 Å². The zero-order chi connectivity index (χ0) is 11.0. The van der Waals surface area contributed by atoms with Crippen LogP contribution in [0.5, 0.6) is 0 Å². The molecule has 1 fully saturated rings. The van der Waals surface area contributed by atoms with Gasteiger partial charge in [0, 0.05) is 4.57 Å². The van der Waals surface area contributed by atoms with Crippen molar-refractivity contribution in [2.75, 3.05) is 19.6 Å². The zero-order valence-corrected chi connectivity index (χ0v) is 8.69. The molecular weight excluding hydrogens is 209 g/mol. The first-order chi connectivity index (χ1) is 6.52. The third kappa shape index (κ3) is 9.54. The molecule has 0 bridgehead atoms. The number of carboxylic acids is 1. The summed E-state index contributed by atoms with van der Waals surface area (Å²) in [5.74, 6) is -0.707. The van der Waals surface area contributed by atoms with Crippen LogP contribution in [-0.2, 0) is 9.36 Å². The maximum atomic E-state index is 10.2. The molecule has 1 aliphatic heterocycles. The number of nitrogens with zero attached hydrogens (tertiary/aromatic N) is 1. The number of hydrogen-bond donors (Lipinski definition) is 3. The highest BCUT2D eigenvalue weighted by Crippen LogP contribution is 2.07. The summed E-state index contributed by atoms with van der Waals surface area (Å²) in [5, 5.41) is 8.42. The quantitative estimate of drug-likeness (QED) is 0.579. The molecule has 7 heteroatoms. The summed E-state index contributed by atoms with van der Waals surface area (Å²) in [4.78, 5) is 26.5. The molecule has 82 valence electrons. The van der Waals surface area contributed by atoms with Crippen LogP contribution in [0.4, 0.5) is 0 Å². The van der Waals surface area contributed by atoms with Gasteiger partial charge < -0.3 is 5.11 Å². The SMILES string of the molecule is O=C(O)CN1CCCCC1.O=[P+](O)O. The molecule has 0 aliphatic carbocycles. The molecule has 0 spiro atoms. The van der Waals surface area contributed by atoms with Gasteiger partial charge in [0.15, 0.2) is 0 Å². The van der Waals surface area contributed by atoms with Crippen LogP contribution in [0.2, 0.25) is 0 Å². The highest BCUT2D eigenvalue weighted by Gasteiger charge is 2.11. The van der Waals surface area contributed by atoms with Crippen molar-refractivity contribution in [3.05, 3.63) is 0 Å². The molecule has 6 nitrogen and oxygen atoms in total. The van der Waals surface area contributed by atoms with E-state index in [4.69, 9.17) is 19.5 Å². The van der Waals surface area contributed by atoms with Crippen LogP contribution >= 0.6 is 8.25 Å². The number of rotatable bonds is 2. The minimum absolute atomic E-state index is 0.222. The number of hydrogen-bond acceptors (Lipinski definition) is 3. The Morgan fingerprint density at radius 2 is 1.64 bits per heavy atom. The van der Waals surface area contributed by atoms with Crippen molar-refractivity contribution >= 4 is 14.2 Å². The first-order valence-electron chi connectivity index (χ1n) is 4.31. The van der Waals surface area contributed by atoms with E-state index in [0.29, 0.717) is 0 Å². The molecule has 0 aromatic heterocycles. The topological polar surface area (TPSA) is 98.1 Å². The Bertz CT molecular complexity index is 189.